The normalized spacial score (nSPS) is 9.50. The van der Waals surface area contributed by atoms with Gasteiger partial charge in [0.2, 0.25) is 0 Å². The standard InChI is InChI=1S/C15H18NP.BF3.FH/c16-12-7-13-17(14-8-3-1-4-9-14)15-10-5-2-6-11-15;2-1(3)4;/h1-6,8-11H,7,12-13,16H2;;1H. The molecular weight excluding hydrogens is 312 g/mol. The van der Waals surface area contributed by atoms with Crippen molar-refractivity contribution in [1.29, 1.82) is 0 Å². The Balaban J connectivity index is 0.000000791. The number of benzene rings is 2. The lowest BCUT2D eigenvalue weighted by Gasteiger charge is -2.17. The Kier molecular flexibility index (Phi) is 11.4. The Hall–Kier alpha value is -1.39. The van der Waals surface area contributed by atoms with Gasteiger partial charge in [-0.05, 0) is 24.7 Å². The highest BCUT2D eigenvalue weighted by Gasteiger charge is 2.12. The second kappa shape index (κ2) is 12.2. The molecule has 0 atom stereocenters. The van der Waals surface area contributed by atoms with Crippen molar-refractivity contribution in [3.05, 3.63) is 60.7 Å². The van der Waals surface area contributed by atoms with Gasteiger partial charge in [0.1, 0.15) is 0 Å². The lowest BCUT2D eigenvalue weighted by molar-refractivity contribution is -0.367. The molecule has 0 aliphatic carbocycles. The maximum Gasteiger partial charge on any atom is 0.762 e. The highest BCUT2D eigenvalue weighted by Crippen LogP contribution is 2.33. The fourth-order valence-electron chi connectivity index (χ4n) is 1.89. The summed E-state index contributed by atoms with van der Waals surface area (Å²) in [5.41, 5.74) is 3.96. The van der Waals surface area contributed by atoms with Crippen LogP contribution in [0.4, 0.5) is 12.9 Å². The number of hydrogen-bond donors (Lipinski definition) is 1. The zero-order chi connectivity index (χ0) is 15.5. The van der Waals surface area contributed by atoms with Gasteiger partial charge < -0.3 is 10.4 Å². The van der Waals surface area contributed by atoms with Gasteiger partial charge in [-0.2, -0.15) is 0 Å². The van der Waals surface area contributed by atoms with Gasteiger partial charge in [-0.1, -0.05) is 60.7 Å². The largest absolute Gasteiger partial charge is 1.00 e. The molecule has 2 aromatic carbocycles. The van der Waals surface area contributed by atoms with Crippen LogP contribution >= 0.6 is 7.92 Å². The van der Waals surface area contributed by atoms with Gasteiger partial charge in [0.25, 0.3) is 0 Å². The maximum atomic E-state index is 9.67. The highest BCUT2D eigenvalue weighted by atomic mass is 31.1. The number of hydrogen-bond acceptors (Lipinski definition) is 0. The van der Waals surface area contributed by atoms with Gasteiger partial charge in [0, 0.05) is 6.42 Å². The first-order valence-corrected chi connectivity index (χ1v) is 8.27. The molecule has 0 heterocycles. The molecule has 2 rings (SSSR count). The second-order valence-electron chi connectivity index (χ2n) is 4.28. The van der Waals surface area contributed by atoms with Crippen LogP contribution in [0, 0.1) is 0 Å². The minimum absolute atomic E-state index is 0. The Morgan fingerprint density at radius 3 is 1.50 bits per heavy atom. The number of quaternary nitrogens is 1. The molecule has 1 nitrogen and oxygen atoms in total. The Bertz CT molecular complexity index is 445. The van der Waals surface area contributed by atoms with Crippen LogP contribution in [-0.4, -0.2) is 20.3 Å². The molecule has 0 fully saturated rings. The minimum atomic E-state index is -3.67. The topological polar surface area (TPSA) is 27.6 Å². The molecule has 0 bridgehead atoms. The SMILES string of the molecule is FB(F)F.[F-].[NH3+]CCCP(c1ccccc1)c1ccccc1. The summed E-state index contributed by atoms with van der Waals surface area (Å²) < 4.78 is 29.0. The quantitative estimate of drug-likeness (QED) is 0.440. The van der Waals surface area contributed by atoms with E-state index in [4.69, 9.17) is 0 Å². The van der Waals surface area contributed by atoms with E-state index in [9.17, 15) is 12.9 Å². The summed E-state index contributed by atoms with van der Waals surface area (Å²) in [5, 5.41) is 2.95. The van der Waals surface area contributed by atoms with E-state index in [2.05, 4.69) is 66.4 Å². The van der Waals surface area contributed by atoms with Crippen LogP contribution in [0.5, 0.6) is 0 Å². The highest BCUT2D eigenvalue weighted by molar-refractivity contribution is 7.73. The lowest BCUT2D eigenvalue weighted by atomic mass is 10.4. The molecule has 7 heteroatoms. The number of halogens is 4. The van der Waals surface area contributed by atoms with Gasteiger partial charge in [-0.15, -0.1) is 0 Å². The Morgan fingerprint density at radius 1 is 0.818 bits per heavy atom. The zero-order valence-corrected chi connectivity index (χ0v) is 13.0. The van der Waals surface area contributed by atoms with Gasteiger partial charge in [0.15, 0.2) is 0 Å². The van der Waals surface area contributed by atoms with Crippen LogP contribution in [0.1, 0.15) is 6.42 Å². The van der Waals surface area contributed by atoms with Crippen molar-refractivity contribution in [1.82, 2.24) is 0 Å². The molecule has 0 aromatic heterocycles. The molecular formula is C15H19BF4NP. The first kappa shape index (κ1) is 20.6. The summed E-state index contributed by atoms with van der Waals surface area (Å²) in [7, 11) is -3.86. The second-order valence-corrected chi connectivity index (χ2v) is 6.61. The first-order chi connectivity index (χ1) is 10.1. The van der Waals surface area contributed by atoms with Crippen LogP contribution in [0.15, 0.2) is 60.7 Å². The van der Waals surface area contributed by atoms with Crippen molar-refractivity contribution in [3.8, 4) is 0 Å². The average molecular weight is 331 g/mol. The van der Waals surface area contributed by atoms with Crippen molar-refractivity contribution in [2.24, 2.45) is 0 Å². The van der Waals surface area contributed by atoms with Crippen LogP contribution < -0.4 is 21.0 Å². The summed E-state index contributed by atoms with van der Waals surface area (Å²) >= 11 is 0. The molecule has 0 unspecified atom stereocenters. The summed E-state index contributed by atoms with van der Waals surface area (Å²) in [6.07, 6.45) is 2.45. The minimum Gasteiger partial charge on any atom is -1.00 e. The number of rotatable bonds is 5. The molecule has 0 aliphatic rings. The third-order valence-electron chi connectivity index (χ3n) is 2.77. The fourth-order valence-corrected chi connectivity index (χ4v) is 4.31. The summed E-state index contributed by atoms with van der Waals surface area (Å²) in [6.45, 7) is 1.03. The predicted octanol–water partition coefficient (Wildman–Crippen LogP) is -0.365. The van der Waals surface area contributed by atoms with E-state index < -0.39 is 7.54 Å². The van der Waals surface area contributed by atoms with E-state index in [0.717, 1.165) is 6.54 Å². The van der Waals surface area contributed by atoms with Crippen molar-refractivity contribution < 1.29 is 23.4 Å². The van der Waals surface area contributed by atoms with Crippen LogP contribution in [0.2, 0.25) is 0 Å². The molecule has 3 N–H and O–H groups in total. The molecule has 0 aliphatic heterocycles. The van der Waals surface area contributed by atoms with E-state index in [1.54, 1.807) is 0 Å². The monoisotopic (exact) mass is 331 g/mol. The molecule has 0 saturated heterocycles. The third-order valence-corrected chi connectivity index (χ3v) is 5.37. The van der Waals surface area contributed by atoms with Gasteiger partial charge in [-0.3, -0.25) is 12.9 Å². The average Bonchev–Trinajstić information content (AvgIpc) is 2.49. The van der Waals surface area contributed by atoms with Gasteiger partial charge >= 0.3 is 7.54 Å². The van der Waals surface area contributed by atoms with E-state index in [0.29, 0.717) is 0 Å². The lowest BCUT2D eigenvalue weighted by Crippen LogP contribution is -3.00. The van der Waals surface area contributed by atoms with Crippen molar-refractivity contribution in [3.63, 3.8) is 0 Å². The van der Waals surface area contributed by atoms with Crippen LogP contribution in [-0.2, 0) is 0 Å². The molecule has 2 aromatic rings. The van der Waals surface area contributed by atoms with E-state index in [1.165, 1.54) is 23.2 Å². The molecule has 22 heavy (non-hydrogen) atoms. The Morgan fingerprint density at radius 2 is 1.18 bits per heavy atom. The van der Waals surface area contributed by atoms with E-state index >= 15 is 0 Å². The van der Waals surface area contributed by atoms with E-state index in [-0.39, 0.29) is 12.6 Å². The third kappa shape index (κ3) is 8.15. The fraction of sp³-hybridized carbons (Fsp3) is 0.200. The summed E-state index contributed by atoms with van der Waals surface area (Å²) in [5.74, 6) is 0. The smallest absolute Gasteiger partial charge is 0.762 e. The van der Waals surface area contributed by atoms with Crippen molar-refractivity contribution >= 4 is 26.1 Å². The van der Waals surface area contributed by atoms with Crippen LogP contribution in [0.3, 0.4) is 0 Å². The maximum absolute atomic E-state index is 9.67. The summed E-state index contributed by atoms with van der Waals surface area (Å²) in [6, 6.07) is 21.7. The van der Waals surface area contributed by atoms with Crippen molar-refractivity contribution in [2.45, 2.75) is 6.42 Å². The zero-order valence-electron chi connectivity index (χ0n) is 12.1. The first-order valence-electron chi connectivity index (χ1n) is 6.74. The van der Waals surface area contributed by atoms with E-state index in [1.807, 2.05) is 0 Å². The van der Waals surface area contributed by atoms with Crippen LogP contribution in [0.25, 0.3) is 0 Å². The van der Waals surface area contributed by atoms with Gasteiger partial charge in [-0.25, -0.2) is 0 Å². The molecule has 120 valence electrons. The van der Waals surface area contributed by atoms with Gasteiger partial charge in [0.05, 0.1) is 6.54 Å². The molecule has 0 spiro atoms. The predicted molar refractivity (Wildman–Crippen MR) is 85.4 cm³/mol. The molecule has 0 amide bonds. The summed E-state index contributed by atoms with van der Waals surface area (Å²) in [4.78, 5) is 0. The van der Waals surface area contributed by atoms with Crippen molar-refractivity contribution in [2.75, 3.05) is 12.7 Å². The molecule has 0 saturated carbocycles. The molecule has 0 radical (unpaired) electrons. The Labute approximate surface area is 130 Å².